The van der Waals surface area contributed by atoms with Crippen molar-refractivity contribution in [1.82, 2.24) is 25.3 Å². The fourth-order valence-electron chi connectivity index (χ4n) is 3.70. The van der Waals surface area contributed by atoms with Gasteiger partial charge in [-0.25, -0.2) is 0 Å². The van der Waals surface area contributed by atoms with E-state index in [-0.39, 0.29) is 5.91 Å². The van der Waals surface area contributed by atoms with Gasteiger partial charge in [0.2, 0.25) is 5.91 Å². The lowest BCUT2D eigenvalue weighted by Crippen LogP contribution is -2.54. The van der Waals surface area contributed by atoms with E-state index in [4.69, 9.17) is 9.73 Å². The summed E-state index contributed by atoms with van der Waals surface area (Å²) in [6.45, 7) is 12.0. The third-order valence-corrected chi connectivity index (χ3v) is 5.84. The minimum atomic E-state index is 0.0599. The third-order valence-electron chi connectivity index (χ3n) is 5.84. The average Bonchev–Trinajstić information content (AvgIpc) is 2.80. The average molecular weight is 447 g/mol. The fraction of sp³-hybridized carbons (Fsp3) is 0.667. The number of carbonyl (C=O) groups is 1. The zero-order chi connectivity index (χ0) is 23.2. The van der Waals surface area contributed by atoms with Crippen molar-refractivity contribution in [3.05, 3.63) is 35.9 Å². The Morgan fingerprint density at radius 3 is 2.56 bits per heavy atom. The molecule has 32 heavy (non-hydrogen) atoms. The molecule has 1 heterocycles. The van der Waals surface area contributed by atoms with Gasteiger partial charge in [-0.2, -0.15) is 0 Å². The Labute approximate surface area is 194 Å². The van der Waals surface area contributed by atoms with E-state index in [1.165, 1.54) is 5.56 Å². The first-order valence-corrected chi connectivity index (χ1v) is 11.8. The van der Waals surface area contributed by atoms with Crippen LogP contribution in [0.1, 0.15) is 25.8 Å². The van der Waals surface area contributed by atoms with Gasteiger partial charge in [0.1, 0.15) is 0 Å². The molecule has 1 atom stereocenters. The van der Waals surface area contributed by atoms with Gasteiger partial charge in [0.15, 0.2) is 5.96 Å². The number of ether oxygens (including phenoxy) is 1. The molecular formula is C24H42N6O2. The lowest BCUT2D eigenvalue weighted by atomic mass is 10.1. The van der Waals surface area contributed by atoms with Crippen LogP contribution in [0.25, 0.3) is 0 Å². The molecule has 180 valence electrons. The van der Waals surface area contributed by atoms with E-state index in [0.717, 1.165) is 58.2 Å². The molecule has 2 N–H and O–H groups in total. The number of methoxy groups -OCH3 is 1. The minimum absolute atomic E-state index is 0.0599. The lowest BCUT2D eigenvalue weighted by Gasteiger charge is -2.36. The highest BCUT2D eigenvalue weighted by molar-refractivity contribution is 5.80. The summed E-state index contributed by atoms with van der Waals surface area (Å²) in [4.78, 5) is 23.8. The van der Waals surface area contributed by atoms with Crippen LogP contribution < -0.4 is 10.6 Å². The number of benzene rings is 1. The Hall–Kier alpha value is -2.16. The van der Waals surface area contributed by atoms with Gasteiger partial charge in [-0.3, -0.25) is 19.6 Å². The van der Waals surface area contributed by atoms with E-state index in [1.54, 1.807) is 7.11 Å². The molecule has 1 aromatic rings. The largest absolute Gasteiger partial charge is 0.383 e. The molecule has 1 aliphatic rings. The normalized spacial score (nSPS) is 16.3. The van der Waals surface area contributed by atoms with Gasteiger partial charge < -0.3 is 20.3 Å². The van der Waals surface area contributed by atoms with E-state index in [1.807, 2.05) is 0 Å². The first-order valence-electron chi connectivity index (χ1n) is 11.8. The highest BCUT2D eigenvalue weighted by Crippen LogP contribution is 2.09. The number of nitrogens with zero attached hydrogens (tertiary/aromatic N) is 4. The maximum Gasteiger partial charge on any atom is 0.234 e. The maximum absolute atomic E-state index is 12.0. The van der Waals surface area contributed by atoms with Gasteiger partial charge in [0.25, 0.3) is 0 Å². The molecule has 1 amide bonds. The summed E-state index contributed by atoms with van der Waals surface area (Å²) in [5.41, 5.74) is 1.34. The zero-order valence-electron chi connectivity index (χ0n) is 20.3. The summed E-state index contributed by atoms with van der Waals surface area (Å²) < 4.78 is 4.97. The maximum atomic E-state index is 12.0. The molecule has 0 radical (unpaired) electrons. The van der Waals surface area contributed by atoms with Crippen LogP contribution in [0.5, 0.6) is 0 Å². The molecule has 1 aliphatic heterocycles. The van der Waals surface area contributed by atoms with Crippen LogP contribution in [0.15, 0.2) is 35.3 Å². The Balaban J connectivity index is 1.75. The summed E-state index contributed by atoms with van der Waals surface area (Å²) >= 11 is 0. The summed E-state index contributed by atoms with van der Waals surface area (Å²) in [6.07, 6.45) is 1.01. The minimum Gasteiger partial charge on any atom is -0.383 e. The lowest BCUT2D eigenvalue weighted by molar-refractivity contribution is -0.122. The fourth-order valence-corrected chi connectivity index (χ4v) is 3.70. The van der Waals surface area contributed by atoms with Crippen LogP contribution in [-0.4, -0.2) is 106 Å². The number of guanidine groups is 1. The number of hydrogen-bond acceptors (Lipinski definition) is 5. The Morgan fingerprint density at radius 1 is 1.19 bits per heavy atom. The monoisotopic (exact) mass is 446 g/mol. The predicted molar refractivity (Wildman–Crippen MR) is 131 cm³/mol. The molecule has 0 saturated carbocycles. The van der Waals surface area contributed by atoms with E-state index in [0.29, 0.717) is 25.7 Å². The Morgan fingerprint density at radius 2 is 1.91 bits per heavy atom. The van der Waals surface area contributed by atoms with Gasteiger partial charge in [-0.1, -0.05) is 30.3 Å². The van der Waals surface area contributed by atoms with Crippen molar-refractivity contribution >= 4 is 11.9 Å². The SMILES string of the molecule is CCNC(=NCCC(C)N(C)Cc1ccccc1)N1CCN(CC(=O)NCCOC)CC1. The molecule has 1 fully saturated rings. The second-order valence-electron chi connectivity index (χ2n) is 8.38. The highest BCUT2D eigenvalue weighted by atomic mass is 16.5. The Kier molecular flexibility index (Phi) is 12.1. The number of hydrogen-bond donors (Lipinski definition) is 2. The van der Waals surface area contributed by atoms with Crippen molar-refractivity contribution in [2.24, 2.45) is 4.99 Å². The molecule has 0 aromatic heterocycles. The van der Waals surface area contributed by atoms with Crippen LogP contribution in [0.4, 0.5) is 0 Å². The van der Waals surface area contributed by atoms with E-state index in [2.05, 4.69) is 76.6 Å². The smallest absolute Gasteiger partial charge is 0.234 e. The molecule has 0 bridgehead atoms. The van der Waals surface area contributed by atoms with Gasteiger partial charge in [0, 0.05) is 65.5 Å². The van der Waals surface area contributed by atoms with Crippen LogP contribution in [0.2, 0.25) is 0 Å². The van der Waals surface area contributed by atoms with Gasteiger partial charge in [-0.05, 0) is 32.9 Å². The molecule has 1 unspecified atom stereocenters. The Bertz CT molecular complexity index is 676. The number of piperazine rings is 1. The van der Waals surface area contributed by atoms with Gasteiger partial charge in [-0.15, -0.1) is 0 Å². The van der Waals surface area contributed by atoms with Crippen LogP contribution >= 0.6 is 0 Å². The topological polar surface area (TPSA) is 72.4 Å². The molecule has 0 spiro atoms. The van der Waals surface area contributed by atoms with Gasteiger partial charge in [0.05, 0.1) is 13.2 Å². The number of amides is 1. The standard InChI is InChI=1S/C24H42N6O2/c1-5-25-24(27-12-11-21(2)28(3)19-22-9-7-6-8-10-22)30-16-14-29(15-17-30)20-23(31)26-13-18-32-4/h6-10,21H,5,11-20H2,1-4H3,(H,25,27)(H,26,31). The first kappa shape index (κ1) is 26.1. The molecule has 8 nitrogen and oxygen atoms in total. The molecule has 0 aliphatic carbocycles. The zero-order valence-corrected chi connectivity index (χ0v) is 20.3. The van der Waals surface area contributed by atoms with E-state index < -0.39 is 0 Å². The molecular weight excluding hydrogens is 404 g/mol. The van der Waals surface area contributed by atoms with Crippen molar-refractivity contribution in [2.45, 2.75) is 32.9 Å². The summed E-state index contributed by atoms with van der Waals surface area (Å²) in [5.74, 6) is 1.04. The predicted octanol–water partition coefficient (Wildman–Crippen LogP) is 1.24. The summed E-state index contributed by atoms with van der Waals surface area (Å²) in [6, 6.07) is 11.0. The quantitative estimate of drug-likeness (QED) is 0.286. The molecule has 1 aromatic carbocycles. The molecule has 2 rings (SSSR count). The number of rotatable bonds is 12. The second-order valence-corrected chi connectivity index (χ2v) is 8.38. The van der Waals surface area contributed by atoms with Gasteiger partial charge >= 0.3 is 0 Å². The van der Waals surface area contributed by atoms with Crippen molar-refractivity contribution in [1.29, 1.82) is 0 Å². The molecule has 8 heteroatoms. The van der Waals surface area contributed by atoms with Crippen molar-refractivity contribution in [2.75, 3.05) is 73.1 Å². The number of aliphatic imine (C=N–C) groups is 1. The van der Waals surface area contributed by atoms with E-state index >= 15 is 0 Å². The van der Waals surface area contributed by atoms with Crippen LogP contribution in [0, 0.1) is 0 Å². The summed E-state index contributed by atoms with van der Waals surface area (Å²) in [5, 5.41) is 6.32. The highest BCUT2D eigenvalue weighted by Gasteiger charge is 2.21. The second kappa shape index (κ2) is 14.8. The van der Waals surface area contributed by atoms with Crippen molar-refractivity contribution in [3.63, 3.8) is 0 Å². The number of carbonyl (C=O) groups excluding carboxylic acids is 1. The van der Waals surface area contributed by atoms with Crippen LogP contribution in [0.3, 0.4) is 0 Å². The van der Waals surface area contributed by atoms with E-state index in [9.17, 15) is 4.79 Å². The van der Waals surface area contributed by atoms with Crippen molar-refractivity contribution in [3.8, 4) is 0 Å². The van der Waals surface area contributed by atoms with Crippen molar-refractivity contribution < 1.29 is 9.53 Å². The first-order chi connectivity index (χ1) is 15.5. The third kappa shape index (κ3) is 9.54. The molecule has 1 saturated heterocycles. The van der Waals surface area contributed by atoms with Crippen LogP contribution in [-0.2, 0) is 16.1 Å². The summed E-state index contributed by atoms with van der Waals surface area (Å²) in [7, 11) is 3.82. The number of nitrogens with one attached hydrogen (secondary N) is 2.